The van der Waals surface area contributed by atoms with E-state index in [1.165, 1.54) is 21.1 Å². The van der Waals surface area contributed by atoms with E-state index in [2.05, 4.69) is 0 Å². The van der Waals surface area contributed by atoms with E-state index >= 15 is 0 Å². The number of carboxylic acid groups (broad SMARTS) is 4. The van der Waals surface area contributed by atoms with Gasteiger partial charge in [0.05, 0.1) is 0 Å². The molecule has 1 aromatic heterocycles. The van der Waals surface area contributed by atoms with Gasteiger partial charge in [-0.05, 0) is 0 Å². The average Bonchev–Trinajstić information content (AvgIpc) is 2.72. The Hall–Kier alpha value is -5.63. The van der Waals surface area contributed by atoms with Gasteiger partial charge >= 0.3 is 29.6 Å². The Kier molecular flexibility index (Phi) is 18.1. The third-order valence-electron chi connectivity index (χ3n) is 3.34. The van der Waals surface area contributed by atoms with Crippen LogP contribution in [0.3, 0.4) is 0 Å². The smallest absolute Gasteiger partial charge is 0.352 e. The lowest BCUT2D eigenvalue weighted by atomic mass is 10.4. The second-order valence-corrected chi connectivity index (χ2v) is 6.71. The zero-order chi connectivity index (χ0) is 30.7. The van der Waals surface area contributed by atoms with Crippen molar-refractivity contribution in [2.45, 2.75) is 0 Å². The molecule has 0 fully saturated rings. The van der Waals surface area contributed by atoms with Crippen LogP contribution in [0.2, 0.25) is 0 Å². The summed E-state index contributed by atoms with van der Waals surface area (Å²) in [5.41, 5.74) is 12.8. The zero-order valence-electron chi connectivity index (χ0n) is 20.5. The second kappa shape index (κ2) is 18.7. The molecule has 15 N–H and O–H groups in total. The van der Waals surface area contributed by atoms with Gasteiger partial charge in [-0.15, -0.1) is 0 Å². The van der Waals surface area contributed by atoms with Crippen molar-refractivity contribution in [1.29, 1.82) is 16.2 Å². The highest BCUT2D eigenvalue weighted by atomic mass is 16.4. The number of nitrogens with one attached hydrogen (secondary N) is 5. The molecule has 0 bridgehead atoms. The highest BCUT2D eigenvalue weighted by molar-refractivity contribution is 5.85. The number of carbonyl (C=O) groups is 4. The Morgan fingerprint density at radius 1 is 0.711 bits per heavy atom. The van der Waals surface area contributed by atoms with E-state index in [9.17, 15) is 28.8 Å². The summed E-state index contributed by atoms with van der Waals surface area (Å²) in [6.45, 7) is -0.681. The normalized spacial score (nSPS) is 8.82. The topological polar surface area (TPSA) is 374 Å². The number of aliphatic carboxylic acids is 3. The van der Waals surface area contributed by atoms with Gasteiger partial charge < -0.3 is 57.3 Å². The summed E-state index contributed by atoms with van der Waals surface area (Å²) >= 11 is 0. The van der Waals surface area contributed by atoms with Crippen molar-refractivity contribution in [1.82, 2.24) is 24.7 Å². The summed E-state index contributed by atoms with van der Waals surface area (Å²) in [4.78, 5) is 68.0. The molecule has 0 aromatic carbocycles. The molecule has 0 aliphatic carbocycles. The van der Waals surface area contributed by atoms with Gasteiger partial charge in [-0.25, -0.2) is 9.59 Å². The fourth-order valence-corrected chi connectivity index (χ4v) is 1.45. The largest absolute Gasteiger partial charge is 0.480 e. The van der Waals surface area contributed by atoms with Crippen LogP contribution in [0, 0.1) is 16.2 Å². The summed E-state index contributed by atoms with van der Waals surface area (Å²) in [5, 5.41) is 52.9. The van der Waals surface area contributed by atoms with E-state index in [1.54, 1.807) is 0 Å². The van der Waals surface area contributed by atoms with Crippen LogP contribution in [0.25, 0.3) is 0 Å². The standard InChI is InChI=1S/C5H4N2O4.3C4H9N3O2/c8-3-1-2(4(9)10)6-5(11)7-3;3*1-7(4(5)6)2-3(8)9/h1H,(H,9,10)(H2,6,7,8,11);3*2H2,1H3,(H3,5,6)(H,8,9). The molecule has 0 saturated heterocycles. The van der Waals surface area contributed by atoms with Crippen LogP contribution in [0.15, 0.2) is 15.7 Å². The van der Waals surface area contributed by atoms with Gasteiger partial charge in [0.25, 0.3) is 5.56 Å². The summed E-state index contributed by atoms with van der Waals surface area (Å²) in [6.07, 6.45) is 0. The van der Waals surface area contributed by atoms with Crippen molar-refractivity contribution in [3.63, 3.8) is 0 Å². The summed E-state index contributed by atoms with van der Waals surface area (Å²) in [7, 11) is 4.32. The van der Waals surface area contributed by atoms with Crippen molar-refractivity contribution >= 4 is 41.8 Å². The molecule has 21 nitrogen and oxygen atoms in total. The molecular formula is C17H31N11O10. The first kappa shape index (κ1) is 36.9. The number of hydrogen-bond donors (Lipinski definition) is 12. The highest BCUT2D eigenvalue weighted by Gasteiger charge is 2.05. The van der Waals surface area contributed by atoms with Crippen molar-refractivity contribution in [2.24, 2.45) is 17.2 Å². The van der Waals surface area contributed by atoms with E-state index in [-0.39, 0.29) is 37.5 Å². The van der Waals surface area contributed by atoms with Crippen molar-refractivity contribution in [2.75, 3.05) is 40.8 Å². The van der Waals surface area contributed by atoms with E-state index in [0.29, 0.717) is 0 Å². The van der Waals surface area contributed by atoms with Gasteiger partial charge in [0, 0.05) is 27.2 Å². The molecule has 0 aliphatic rings. The monoisotopic (exact) mass is 549 g/mol. The number of likely N-dealkylation sites (N-methyl/N-ethyl adjacent to an activating group) is 3. The molecule has 21 heteroatoms. The molecule has 1 heterocycles. The molecule has 0 spiro atoms. The lowest BCUT2D eigenvalue weighted by Crippen LogP contribution is -2.36. The SMILES string of the molecule is CN(CC(=O)O)C(=N)N.CN(CC(=O)O)C(=N)N.CN(CC(=O)O)C(=N)N.O=C(O)c1cc(=O)[nH]c(=O)[nH]1. The third-order valence-corrected chi connectivity index (χ3v) is 3.34. The third kappa shape index (κ3) is 22.2. The van der Waals surface area contributed by atoms with Crippen LogP contribution in [-0.4, -0.2) is 128 Å². The number of nitrogens with zero attached hydrogens (tertiary/aromatic N) is 3. The van der Waals surface area contributed by atoms with E-state index in [1.807, 2.05) is 9.97 Å². The summed E-state index contributed by atoms with van der Waals surface area (Å²) < 4.78 is 0. The van der Waals surface area contributed by atoms with Crippen LogP contribution >= 0.6 is 0 Å². The van der Waals surface area contributed by atoms with Gasteiger partial charge in [-0.3, -0.25) is 40.4 Å². The number of rotatable bonds is 7. The Bertz CT molecular complexity index is 1010. The maximum Gasteiger partial charge on any atom is 0.352 e. The molecule has 0 aliphatic heterocycles. The minimum Gasteiger partial charge on any atom is -0.480 e. The second-order valence-electron chi connectivity index (χ2n) is 6.71. The number of aromatic carboxylic acids is 1. The van der Waals surface area contributed by atoms with Crippen LogP contribution in [-0.2, 0) is 14.4 Å². The van der Waals surface area contributed by atoms with Crippen LogP contribution in [0.5, 0.6) is 0 Å². The molecule has 0 atom stereocenters. The van der Waals surface area contributed by atoms with Gasteiger partial charge in [-0.1, -0.05) is 0 Å². The average molecular weight is 550 g/mol. The molecule has 1 rings (SSSR count). The Labute approximate surface area is 213 Å². The molecular weight excluding hydrogens is 518 g/mol. The summed E-state index contributed by atoms with van der Waals surface area (Å²) in [6, 6.07) is 0.795. The molecule has 0 radical (unpaired) electrons. The molecule has 0 unspecified atom stereocenters. The maximum absolute atomic E-state index is 10.5. The van der Waals surface area contributed by atoms with Crippen LogP contribution in [0.4, 0.5) is 0 Å². The number of guanidine groups is 3. The molecule has 0 saturated carbocycles. The molecule has 214 valence electrons. The predicted octanol–water partition coefficient (Wildman–Crippen LogP) is -4.55. The number of H-pyrrole nitrogens is 2. The maximum atomic E-state index is 10.5. The van der Waals surface area contributed by atoms with Crippen molar-refractivity contribution in [3.8, 4) is 0 Å². The lowest BCUT2D eigenvalue weighted by Gasteiger charge is -2.12. The lowest BCUT2D eigenvalue weighted by molar-refractivity contribution is -0.138. The highest BCUT2D eigenvalue weighted by Crippen LogP contribution is 1.82. The van der Waals surface area contributed by atoms with E-state index < -0.39 is 40.8 Å². The first-order chi connectivity index (χ1) is 17.2. The quantitative estimate of drug-likeness (QED) is 0.112. The number of hydrogen-bond acceptors (Lipinski definition) is 9. The Morgan fingerprint density at radius 2 is 1.00 bits per heavy atom. The minimum absolute atomic E-state index is 0.227. The number of aromatic amines is 2. The summed E-state index contributed by atoms with van der Waals surface area (Å²) in [5.74, 6) is -5.03. The van der Waals surface area contributed by atoms with Gasteiger partial charge in [0.2, 0.25) is 0 Å². The Balaban J connectivity index is -0.000000432. The molecule has 1 aromatic rings. The number of carboxylic acids is 4. The van der Waals surface area contributed by atoms with Crippen LogP contribution in [0.1, 0.15) is 10.5 Å². The van der Waals surface area contributed by atoms with Crippen molar-refractivity contribution < 1.29 is 39.6 Å². The first-order valence-electron chi connectivity index (χ1n) is 9.58. The number of nitrogens with two attached hydrogens (primary N) is 3. The van der Waals surface area contributed by atoms with E-state index in [0.717, 1.165) is 20.8 Å². The van der Waals surface area contributed by atoms with Crippen molar-refractivity contribution in [3.05, 3.63) is 32.6 Å². The first-order valence-corrected chi connectivity index (χ1v) is 9.58. The minimum atomic E-state index is -1.34. The fraction of sp³-hybridized carbons (Fsp3) is 0.353. The van der Waals surface area contributed by atoms with Gasteiger partial charge in [-0.2, -0.15) is 0 Å². The van der Waals surface area contributed by atoms with Crippen LogP contribution < -0.4 is 28.5 Å². The van der Waals surface area contributed by atoms with Gasteiger partial charge in [0.15, 0.2) is 17.9 Å². The van der Waals surface area contributed by atoms with Gasteiger partial charge in [0.1, 0.15) is 25.3 Å². The van der Waals surface area contributed by atoms with E-state index in [4.69, 9.17) is 53.9 Å². The molecule has 38 heavy (non-hydrogen) atoms. The Morgan fingerprint density at radius 3 is 1.16 bits per heavy atom. The fourth-order valence-electron chi connectivity index (χ4n) is 1.45. The predicted molar refractivity (Wildman–Crippen MR) is 131 cm³/mol. The number of aromatic nitrogens is 2. The molecule has 0 amide bonds. The zero-order valence-corrected chi connectivity index (χ0v) is 20.5.